The summed E-state index contributed by atoms with van der Waals surface area (Å²) in [6, 6.07) is 7.82. The molecule has 0 radical (unpaired) electrons. The van der Waals surface area contributed by atoms with Gasteiger partial charge in [-0.3, -0.25) is 9.69 Å². The first-order chi connectivity index (χ1) is 9.58. The predicted molar refractivity (Wildman–Crippen MR) is 82.8 cm³/mol. The Labute approximate surface area is 126 Å². The van der Waals surface area contributed by atoms with E-state index in [9.17, 15) is 9.59 Å². The maximum absolute atomic E-state index is 12.1. The molecule has 1 saturated heterocycles. The minimum atomic E-state index is -0.802. The van der Waals surface area contributed by atoms with Gasteiger partial charge in [0.2, 0.25) is 0 Å². The molecule has 1 heterocycles. The molecule has 0 aliphatic carbocycles. The molecule has 1 N–H and O–H groups in total. The Balaban J connectivity index is 2.08. The van der Waals surface area contributed by atoms with E-state index in [1.807, 2.05) is 12.1 Å². The van der Waals surface area contributed by atoms with Crippen molar-refractivity contribution in [1.29, 1.82) is 0 Å². The molecule has 0 atom stereocenters. The molecular weight excluding hydrogens is 264 g/mol. The van der Waals surface area contributed by atoms with Gasteiger partial charge in [0.15, 0.2) is 0 Å². The van der Waals surface area contributed by atoms with Crippen molar-refractivity contribution in [3.63, 3.8) is 0 Å². The fourth-order valence-corrected chi connectivity index (χ4v) is 2.52. The molecule has 2 rings (SSSR count). The van der Waals surface area contributed by atoms with Crippen molar-refractivity contribution in [3.05, 3.63) is 35.4 Å². The topological polar surface area (TPSA) is 49.4 Å². The molecule has 0 spiro atoms. The van der Waals surface area contributed by atoms with E-state index in [1.54, 1.807) is 13.8 Å². The highest BCUT2D eigenvalue weighted by Gasteiger charge is 2.43. The Kier molecular flexibility index (Phi) is 3.83. The molecular formula is C17H24N2O2. The van der Waals surface area contributed by atoms with Gasteiger partial charge in [-0.15, -0.1) is 0 Å². The molecule has 0 bridgehead atoms. The number of amides is 3. The van der Waals surface area contributed by atoms with E-state index in [-0.39, 0.29) is 17.4 Å². The van der Waals surface area contributed by atoms with Crippen LogP contribution in [0.25, 0.3) is 0 Å². The number of carbonyl (C=O) groups is 2. The second-order valence-electron chi connectivity index (χ2n) is 7.50. The van der Waals surface area contributed by atoms with Crippen LogP contribution in [-0.4, -0.2) is 22.4 Å². The van der Waals surface area contributed by atoms with Gasteiger partial charge in [0.05, 0.1) is 6.54 Å². The summed E-state index contributed by atoms with van der Waals surface area (Å²) in [7, 11) is 0. The molecule has 1 aromatic carbocycles. The van der Waals surface area contributed by atoms with Gasteiger partial charge in [-0.05, 0) is 36.8 Å². The minimum absolute atomic E-state index is 0.175. The summed E-state index contributed by atoms with van der Waals surface area (Å²) in [6.07, 6.45) is 1.00. The first kappa shape index (κ1) is 15.5. The molecule has 21 heavy (non-hydrogen) atoms. The van der Waals surface area contributed by atoms with Gasteiger partial charge < -0.3 is 5.32 Å². The number of urea groups is 1. The monoisotopic (exact) mass is 288 g/mol. The lowest BCUT2D eigenvalue weighted by molar-refractivity contribution is -0.130. The number of nitrogens with one attached hydrogen (secondary N) is 1. The van der Waals surface area contributed by atoms with Crippen LogP contribution in [0, 0.1) is 5.41 Å². The third-order valence-corrected chi connectivity index (χ3v) is 3.54. The van der Waals surface area contributed by atoms with Crippen molar-refractivity contribution in [2.24, 2.45) is 5.41 Å². The van der Waals surface area contributed by atoms with Gasteiger partial charge in [-0.1, -0.05) is 45.0 Å². The predicted octanol–water partition coefficient (Wildman–Crippen LogP) is 3.11. The number of rotatable bonds is 3. The van der Waals surface area contributed by atoms with Gasteiger partial charge in [0.1, 0.15) is 5.54 Å². The maximum Gasteiger partial charge on any atom is 0.325 e. The Morgan fingerprint density at radius 1 is 1.05 bits per heavy atom. The normalized spacial score (nSPS) is 18.0. The number of benzene rings is 1. The van der Waals surface area contributed by atoms with E-state index >= 15 is 0 Å². The molecule has 1 aliphatic heterocycles. The van der Waals surface area contributed by atoms with E-state index in [1.165, 1.54) is 10.5 Å². The summed E-state index contributed by atoms with van der Waals surface area (Å²) in [5, 5.41) is 2.69. The van der Waals surface area contributed by atoms with Crippen LogP contribution >= 0.6 is 0 Å². The largest absolute Gasteiger partial charge is 0.325 e. The first-order valence-electron chi connectivity index (χ1n) is 7.30. The average Bonchev–Trinajstić information content (AvgIpc) is 2.52. The SMILES string of the molecule is CC(C)(C)Cc1ccc(CN2C(=O)NC(C)(C)C2=O)cc1. The lowest BCUT2D eigenvalue weighted by Gasteiger charge is -2.19. The zero-order chi connectivity index (χ0) is 15.8. The highest BCUT2D eigenvalue weighted by molar-refractivity contribution is 6.06. The Morgan fingerprint density at radius 3 is 2.00 bits per heavy atom. The van der Waals surface area contributed by atoms with Crippen molar-refractivity contribution < 1.29 is 9.59 Å². The Morgan fingerprint density at radius 2 is 1.57 bits per heavy atom. The number of nitrogens with zero attached hydrogens (tertiary/aromatic N) is 1. The summed E-state index contributed by atoms with van der Waals surface area (Å²) >= 11 is 0. The Hall–Kier alpha value is -1.84. The summed E-state index contributed by atoms with van der Waals surface area (Å²) in [5.74, 6) is -0.175. The molecule has 1 aromatic rings. The highest BCUT2D eigenvalue weighted by atomic mass is 16.2. The summed E-state index contributed by atoms with van der Waals surface area (Å²) in [5.41, 5.74) is 1.68. The van der Waals surface area contributed by atoms with Crippen molar-refractivity contribution in [2.45, 2.75) is 53.1 Å². The van der Waals surface area contributed by atoms with Crippen LogP contribution in [-0.2, 0) is 17.8 Å². The van der Waals surface area contributed by atoms with Gasteiger partial charge in [-0.2, -0.15) is 0 Å². The molecule has 0 aromatic heterocycles. The lowest BCUT2D eigenvalue weighted by Crippen LogP contribution is -2.40. The molecule has 4 nitrogen and oxygen atoms in total. The second-order valence-corrected chi connectivity index (χ2v) is 7.50. The van der Waals surface area contributed by atoms with Crippen LogP contribution in [0.3, 0.4) is 0 Å². The summed E-state index contributed by atoms with van der Waals surface area (Å²) in [4.78, 5) is 25.3. The number of imide groups is 1. The maximum atomic E-state index is 12.1. The van der Waals surface area contributed by atoms with Gasteiger partial charge in [-0.25, -0.2) is 4.79 Å². The zero-order valence-corrected chi connectivity index (χ0v) is 13.5. The average molecular weight is 288 g/mol. The number of carbonyl (C=O) groups excluding carboxylic acids is 2. The quantitative estimate of drug-likeness (QED) is 0.869. The van der Waals surface area contributed by atoms with E-state index < -0.39 is 5.54 Å². The van der Waals surface area contributed by atoms with E-state index in [0.717, 1.165) is 12.0 Å². The molecule has 3 amide bonds. The summed E-state index contributed by atoms with van der Waals surface area (Å²) < 4.78 is 0. The smallest absolute Gasteiger partial charge is 0.324 e. The molecule has 0 saturated carbocycles. The molecule has 0 unspecified atom stereocenters. The van der Waals surface area contributed by atoms with Crippen LogP contribution in [0.1, 0.15) is 45.7 Å². The van der Waals surface area contributed by atoms with Gasteiger partial charge >= 0.3 is 6.03 Å². The molecule has 114 valence electrons. The highest BCUT2D eigenvalue weighted by Crippen LogP contribution is 2.22. The van der Waals surface area contributed by atoms with E-state index in [2.05, 4.69) is 38.2 Å². The fraction of sp³-hybridized carbons (Fsp3) is 0.529. The summed E-state index contributed by atoms with van der Waals surface area (Å²) in [6.45, 7) is 10.4. The minimum Gasteiger partial charge on any atom is -0.324 e. The second kappa shape index (κ2) is 5.17. The molecule has 1 fully saturated rings. The fourth-order valence-electron chi connectivity index (χ4n) is 2.52. The van der Waals surface area contributed by atoms with Gasteiger partial charge in [0.25, 0.3) is 5.91 Å². The molecule has 4 heteroatoms. The van der Waals surface area contributed by atoms with Crippen LogP contribution in [0.5, 0.6) is 0 Å². The van der Waals surface area contributed by atoms with Crippen molar-refractivity contribution in [2.75, 3.05) is 0 Å². The number of hydrogen-bond acceptors (Lipinski definition) is 2. The van der Waals surface area contributed by atoms with Crippen molar-refractivity contribution in [1.82, 2.24) is 10.2 Å². The van der Waals surface area contributed by atoms with Crippen LogP contribution in [0.4, 0.5) is 4.79 Å². The zero-order valence-electron chi connectivity index (χ0n) is 13.5. The third-order valence-electron chi connectivity index (χ3n) is 3.54. The van der Waals surface area contributed by atoms with Crippen molar-refractivity contribution >= 4 is 11.9 Å². The van der Waals surface area contributed by atoms with E-state index in [4.69, 9.17) is 0 Å². The van der Waals surface area contributed by atoms with E-state index in [0.29, 0.717) is 6.54 Å². The van der Waals surface area contributed by atoms with Crippen LogP contribution in [0.15, 0.2) is 24.3 Å². The number of hydrogen-bond donors (Lipinski definition) is 1. The lowest BCUT2D eigenvalue weighted by atomic mass is 9.88. The van der Waals surface area contributed by atoms with Crippen LogP contribution < -0.4 is 5.32 Å². The standard InChI is InChI=1S/C17H24N2O2/c1-16(2,3)10-12-6-8-13(9-7-12)11-19-14(20)17(4,5)18-15(19)21/h6-9H,10-11H2,1-5H3,(H,18,21). The van der Waals surface area contributed by atoms with Gasteiger partial charge in [0, 0.05) is 0 Å². The third kappa shape index (κ3) is 3.63. The molecule has 1 aliphatic rings. The Bertz CT molecular complexity index is 553. The van der Waals surface area contributed by atoms with Crippen molar-refractivity contribution in [3.8, 4) is 0 Å². The van der Waals surface area contributed by atoms with Crippen LogP contribution in [0.2, 0.25) is 0 Å². The first-order valence-corrected chi connectivity index (χ1v) is 7.30.